The highest BCUT2D eigenvalue weighted by molar-refractivity contribution is 6.10. The van der Waals surface area contributed by atoms with Crippen LogP contribution in [0.5, 0.6) is 0 Å². The first-order chi connectivity index (χ1) is 10.2. The van der Waals surface area contributed by atoms with Gasteiger partial charge in [-0.05, 0) is 36.5 Å². The molecule has 0 heterocycles. The highest BCUT2D eigenvalue weighted by Gasteiger charge is 2.24. The Morgan fingerprint density at radius 3 is 2.48 bits per heavy atom. The van der Waals surface area contributed by atoms with E-state index in [-0.39, 0.29) is 5.78 Å². The van der Waals surface area contributed by atoms with E-state index in [1.165, 1.54) is 24.8 Å². The first kappa shape index (κ1) is 13.9. The fourth-order valence-corrected chi connectivity index (χ4v) is 2.86. The number of carbonyl (C=O) groups is 1. The van der Waals surface area contributed by atoms with Gasteiger partial charge in [0.1, 0.15) is 0 Å². The monoisotopic (exact) mass is 279 g/mol. The van der Waals surface area contributed by atoms with E-state index in [1.807, 2.05) is 61.5 Å². The van der Waals surface area contributed by atoms with Crippen LogP contribution < -0.4 is 4.90 Å². The summed E-state index contributed by atoms with van der Waals surface area (Å²) in [6, 6.07) is 16.0. The molecule has 1 aliphatic carbocycles. The number of hydrogen-bond donors (Lipinski definition) is 0. The normalized spacial score (nSPS) is 14.6. The molecular formula is C19H21NO. The highest BCUT2D eigenvalue weighted by Crippen LogP contribution is 2.38. The number of hydrogen-bond acceptors (Lipinski definition) is 2. The number of anilines is 1. The molecular weight excluding hydrogens is 258 g/mol. The number of nitrogens with zero attached hydrogens (tertiary/aromatic N) is 1. The van der Waals surface area contributed by atoms with Crippen molar-refractivity contribution in [1.82, 2.24) is 0 Å². The second-order valence-corrected chi connectivity index (χ2v) is 5.99. The lowest BCUT2D eigenvalue weighted by atomic mass is 9.77. The van der Waals surface area contributed by atoms with Crippen LogP contribution in [0, 0.1) is 0 Å². The molecule has 0 aromatic heterocycles. The van der Waals surface area contributed by atoms with E-state index >= 15 is 0 Å². The lowest BCUT2D eigenvalue weighted by Crippen LogP contribution is -2.15. The molecule has 1 fully saturated rings. The van der Waals surface area contributed by atoms with Crippen molar-refractivity contribution in [3.63, 3.8) is 0 Å². The van der Waals surface area contributed by atoms with E-state index in [9.17, 15) is 4.79 Å². The van der Waals surface area contributed by atoms with Crippen molar-refractivity contribution in [1.29, 1.82) is 0 Å². The van der Waals surface area contributed by atoms with Crippen LogP contribution in [0.3, 0.4) is 0 Å². The van der Waals surface area contributed by atoms with Crippen molar-refractivity contribution in [2.24, 2.45) is 0 Å². The molecule has 108 valence electrons. The molecule has 0 radical (unpaired) electrons. The molecule has 2 aromatic carbocycles. The summed E-state index contributed by atoms with van der Waals surface area (Å²) in [4.78, 5) is 14.9. The zero-order valence-corrected chi connectivity index (χ0v) is 12.7. The average molecular weight is 279 g/mol. The quantitative estimate of drug-likeness (QED) is 0.780. The Balaban J connectivity index is 1.97. The Kier molecular flexibility index (Phi) is 3.78. The minimum Gasteiger partial charge on any atom is -0.378 e. The summed E-state index contributed by atoms with van der Waals surface area (Å²) >= 11 is 0. The van der Waals surface area contributed by atoms with E-state index in [2.05, 4.69) is 6.07 Å². The van der Waals surface area contributed by atoms with E-state index in [4.69, 9.17) is 0 Å². The average Bonchev–Trinajstić information content (AvgIpc) is 2.45. The molecule has 0 spiro atoms. The third-order valence-corrected chi connectivity index (χ3v) is 4.38. The summed E-state index contributed by atoms with van der Waals surface area (Å²) in [5.74, 6) is 0.711. The Morgan fingerprint density at radius 1 is 1.05 bits per heavy atom. The summed E-state index contributed by atoms with van der Waals surface area (Å²) in [5.41, 5.74) is 3.93. The van der Waals surface area contributed by atoms with Gasteiger partial charge in [0.2, 0.25) is 0 Å². The summed E-state index contributed by atoms with van der Waals surface area (Å²) in [5, 5.41) is 0. The molecule has 21 heavy (non-hydrogen) atoms. The molecule has 1 saturated carbocycles. The SMILES string of the molecule is CN(C)c1cccc(C(=O)c2ccccc2C2CCC2)c1. The van der Waals surface area contributed by atoms with Crippen LogP contribution >= 0.6 is 0 Å². The van der Waals surface area contributed by atoms with Gasteiger partial charge in [-0.1, -0.05) is 42.8 Å². The topological polar surface area (TPSA) is 20.3 Å². The zero-order valence-electron chi connectivity index (χ0n) is 12.7. The van der Waals surface area contributed by atoms with Crippen LogP contribution in [-0.2, 0) is 0 Å². The van der Waals surface area contributed by atoms with Gasteiger partial charge in [-0.15, -0.1) is 0 Å². The highest BCUT2D eigenvalue weighted by atomic mass is 16.1. The lowest BCUT2D eigenvalue weighted by molar-refractivity contribution is 0.103. The largest absolute Gasteiger partial charge is 0.378 e. The Bertz CT molecular complexity index is 656. The van der Waals surface area contributed by atoms with E-state index < -0.39 is 0 Å². The molecule has 0 unspecified atom stereocenters. The Hall–Kier alpha value is -2.09. The molecule has 0 bridgehead atoms. The fourth-order valence-electron chi connectivity index (χ4n) is 2.86. The van der Waals surface area contributed by atoms with Gasteiger partial charge in [0.05, 0.1) is 0 Å². The molecule has 0 aliphatic heterocycles. The first-order valence-corrected chi connectivity index (χ1v) is 7.58. The fraction of sp³-hybridized carbons (Fsp3) is 0.316. The molecule has 0 N–H and O–H groups in total. The van der Waals surface area contributed by atoms with Gasteiger partial charge in [-0.2, -0.15) is 0 Å². The molecule has 2 heteroatoms. The van der Waals surface area contributed by atoms with Crippen molar-refractivity contribution in [3.05, 3.63) is 65.2 Å². The van der Waals surface area contributed by atoms with Crippen molar-refractivity contribution in [2.45, 2.75) is 25.2 Å². The molecule has 0 saturated heterocycles. The molecule has 2 aromatic rings. The third kappa shape index (κ3) is 2.71. The third-order valence-electron chi connectivity index (χ3n) is 4.38. The predicted molar refractivity (Wildman–Crippen MR) is 87.2 cm³/mol. The maximum absolute atomic E-state index is 12.9. The Morgan fingerprint density at radius 2 is 1.81 bits per heavy atom. The second-order valence-electron chi connectivity index (χ2n) is 5.99. The Labute approximate surface area is 126 Å². The molecule has 2 nitrogen and oxygen atoms in total. The number of benzene rings is 2. The van der Waals surface area contributed by atoms with Crippen LogP contribution in [0.25, 0.3) is 0 Å². The van der Waals surface area contributed by atoms with Crippen LogP contribution in [0.1, 0.15) is 46.7 Å². The smallest absolute Gasteiger partial charge is 0.193 e. The molecule has 3 rings (SSSR count). The van der Waals surface area contributed by atoms with Crippen LogP contribution in [-0.4, -0.2) is 19.9 Å². The van der Waals surface area contributed by atoms with Gasteiger partial charge in [0.25, 0.3) is 0 Å². The summed E-state index contributed by atoms with van der Waals surface area (Å²) < 4.78 is 0. The minimum atomic E-state index is 0.140. The van der Waals surface area contributed by atoms with Crippen LogP contribution in [0.4, 0.5) is 5.69 Å². The number of carbonyl (C=O) groups excluding carboxylic acids is 1. The van der Waals surface area contributed by atoms with Gasteiger partial charge in [-0.3, -0.25) is 4.79 Å². The molecule has 0 amide bonds. The van der Waals surface area contributed by atoms with E-state index in [1.54, 1.807) is 0 Å². The van der Waals surface area contributed by atoms with Gasteiger partial charge in [-0.25, -0.2) is 0 Å². The van der Waals surface area contributed by atoms with Crippen molar-refractivity contribution in [2.75, 3.05) is 19.0 Å². The maximum Gasteiger partial charge on any atom is 0.193 e. The number of ketones is 1. The van der Waals surface area contributed by atoms with Crippen LogP contribution in [0.15, 0.2) is 48.5 Å². The maximum atomic E-state index is 12.9. The summed E-state index contributed by atoms with van der Waals surface area (Å²) in [7, 11) is 3.98. The van der Waals surface area contributed by atoms with Gasteiger partial charge >= 0.3 is 0 Å². The van der Waals surface area contributed by atoms with Crippen LogP contribution in [0.2, 0.25) is 0 Å². The second kappa shape index (κ2) is 5.72. The van der Waals surface area contributed by atoms with Crippen molar-refractivity contribution >= 4 is 11.5 Å². The lowest BCUT2D eigenvalue weighted by Gasteiger charge is -2.27. The van der Waals surface area contributed by atoms with E-state index in [0.29, 0.717) is 5.92 Å². The summed E-state index contributed by atoms with van der Waals surface area (Å²) in [6.45, 7) is 0. The predicted octanol–water partition coefficient (Wildman–Crippen LogP) is 4.25. The molecule has 0 atom stereocenters. The van der Waals surface area contributed by atoms with Gasteiger partial charge in [0.15, 0.2) is 5.78 Å². The first-order valence-electron chi connectivity index (χ1n) is 7.58. The minimum absolute atomic E-state index is 0.140. The van der Waals surface area contributed by atoms with Gasteiger partial charge < -0.3 is 4.90 Å². The standard InChI is InChI=1S/C19H21NO/c1-20(2)16-10-6-9-15(13-16)19(21)18-12-4-3-11-17(18)14-7-5-8-14/h3-4,6,9-14H,5,7-8H2,1-2H3. The molecule has 1 aliphatic rings. The van der Waals surface area contributed by atoms with E-state index in [0.717, 1.165) is 16.8 Å². The van der Waals surface area contributed by atoms with Gasteiger partial charge in [0, 0.05) is 30.9 Å². The van der Waals surface area contributed by atoms with Crippen molar-refractivity contribution < 1.29 is 4.79 Å². The zero-order chi connectivity index (χ0) is 14.8. The number of rotatable bonds is 4. The van der Waals surface area contributed by atoms with Crippen molar-refractivity contribution in [3.8, 4) is 0 Å². The summed E-state index contributed by atoms with van der Waals surface area (Å²) in [6.07, 6.45) is 3.70.